The Bertz CT molecular complexity index is 458. The van der Waals surface area contributed by atoms with E-state index in [1.165, 1.54) is 11.0 Å². The second-order valence-corrected chi connectivity index (χ2v) is 3.49. The highest BCUT2D eigenvalue weighted by Crippen LogP contribution is 2.26. The largest absolute Gasteiger partial charge is 0.447 e. The summed E-state index contributed by atoms with van der Waals surface area (Å²) in [6, 6.07) is 4.69. The first kappa shape index (κ1) is 10.4. The van der Waals surface area contributed by atoms with E-state index in [4.69, 9.17) is 4.74 Å². The fourth-order valence-corrected chi connectivity index (χ4v) is 1.59. The zero-order valence-electron chi connectivity index (χ0n) is 8.67. The molecule has 0 N–H and O–H groups in total. The molecule has 1 aliphatic heterocycles. The summed E-state index contributed by atoms with van der Waals surface area (Å²) in [5.74, 6) is 0. The van der Waals surface area contributed by atoms with Crippen LogP contribution in [-0.4, -0.2) is 24.2 Å². The van der Waals surface area contributed by atoms with Crippen LogP contribution in [0.2, 0.25) is 0 Å². The van der Waals surface area contributed by atoms with E-state index in [2.05, 4.69) is 0 Å². The highest BCUT2D eigenvalue weighted by Gasteiger charge is 2.25. The van der Waals surface area contributed by atoms with Gasteiger partial charge in [0, 0.05) is 11.6 Å². The molecule has 1 aliphatic rings. The summed E-state index contributed by atoms with van der Waals surface area (Å²) in [7, 11) is 0. The Morgan fingerprint density at radius 3 is 2.81 bits per heavy atom. The van der Waals surface area contributed by atoms with Gasteiger partial charge in [0.2, 0.25) is 0 Å². The molecule has 1 aromatic rings. The number of amides is 1. The van der Waals surface area contributed by atoms with Crippen LogP contribution in [0, 0.1) is 17.0 Å². The third kappa shape index (κ3) is 1.69. The van der Waals surface area contributed by atoms with Gasteiger partial charge in [-0.1, -0.05) is 6.07 Å². The Hall–Kier alpha value is -2.11. The van der Waals surface area contributed by atoms with E-state index in [1.807, 2.05) is 0 Å². The molecule has 1 amide bonds. The number of nitro groups is 1. The molecule has 0 aliphatic carbocycles. The molecular formula is C10H10N2O4. The smallest absolute Gasteiger partial charge is 0.414 e. The number of ether oxygens (including phenoxy) is 1. The van der Waals surface area contributed by atoms with Crippen molar-refractivity contribution in [1.82, 2.24) is 0 Å². The SMILES string of the molecule is Cc1ccc(N2CCOC2=O)cc1[N+](=O)[O-]. The molecule has 84 valence electrons. The van der Waals surface area contributed by atoms with Crippen LogP contribution in [0.25, 0.3) is 0 Å². The van der Waals surface area contributed by atoms with Crippen LogP contribution in [0.3, 0.4) is 0 Å². The number of nitrogens with zero attached hydrogens (tertiary/aromatic N) is 2. The van der Waals surface area contributed by atoms with Crippen molar-refractivity contribution in [1.29, 1.82) is 0 Å². The molecule has 6 nitrogen and oxygen atoms in total. The third-order valence-corrected chi connectivity index (χ3v) is 2.46. The molecule has 0 spiro atoms. The van der Waals surface area contributed by atoms with E-state index in [0.717, 1.165) is 0 Å². The van der Waals surface area contributed by atoms with Crippen molar-refractivity contribution in [2.24, 2.45) is 0 Å². The molecule has 0 atom stereocenters. The first-order valence-corrected chi connectivity index (χ1v) is 4.79. The number of anilines is 1. The summed E-state index contributed by atoms with van der Waals surface area (Å²) < 4.78 is 4.77. The van der Waals surface area contributed by atoms with Gasteiger partial charge < -0.3 is 4.74 Å². The van der Waals surface area contributed by atoms with Crippen molar-refractivity contribution >= 4 is 17.5 Å². The molecule has 0 bridgehead atoms. The van der Waals surface area contributed by atoms with E-state index in [9.17, 15) is 14.9 Å². The van der Waals surface area contributed by atoms with E-state index in [0.29, 0.717) is 24.4 Å². The van der Waals surface area contributed by atoms with Crippen LogP contribution >= 0.6 is 0 Å². The van der Waals surface area contributed by atoms with Gasteiger partial charge in [-0.2, -0.15) is 0 Å². The Morgan fingerprint density at radius 2 is 2.25 bits per heavy atom. The predicted molar refractivity (Wildman–Crippen MR) is 56.5 cm³/mol. The molecule has 1 aromatic carbocycles. The molecule has 0 aromatic heterocycles. The zero-order chi connectivity index (χ0) is 11.7. The van der Waals surface area contributed by atoms with Crippen molar-refractivity contribution < 1.29 is 14.5 Å². The number of hydrogen-bond donors (Lipinski definition) is 0. The van der Waals surface area contributed by atoms with Gasteiger partial charge in [0.15, 0.2) is 0 Å². The second-order valence-electron chi connectivity index (χ2n) is 3.49. The minimum atomic E-state index is -0.460. The second kappa shape index (κ2) is 3.80. The summed E-state index contributed by atoms with van der Waals surface area (Å²) in [5, 5.41) is 10.7. The number of cyclic esters (lactones) is 1. The maximum atomic E-state index is 11.3. The van der Waals surface area contributed by atoms with Crippen LogP contribution in [0.15, 0.2) is 18.2 Å². The number of hydrogen-bond acceptors (Lipinski definition) is 4. The van der Waals surface area contributed by atoms with Gasteiger partial charge in [0.25, 0.3) is 5.69 Å². The first-order valence-electron chi connectivity index (χ1n) is 4.79. The first-order chi connectivity index (χ1) is 7.59. The average molecular weight is 222 g/mol. The summed E-state index contributed by atoms with van der Waals surface area (Å²) in [6.45, 7) is 2.41. The molecule has 16 heavy (non-hydrogen) atoms. The third-order valence-electron chi connectivity index (χ3n) is 2.46. The molecule has 0 saturated carbocycles. The van der Waals surface area contributed by atoms with E-state index >= 15 is 0 Å². The Balaban J connectivity index is 2.39. The van der Waals surface area contributed by atoms with Gasteiger partial charge in [-0.3, -0.25) is 15.0 Å². The van der Waals surface area contributed by atoms with Crippen molar-refractivity contribution in [2.75, 3.05) is 18.1 Å². The van der Waals surface area contributed by atoms with Crippen molar-refractivity contribution in [3.05, 3.63) is 33.9 Å². The lowest BCUT2D eigenvalue weighted by molar-refractivity contribution is -0.385. The standard InChI is InChI=1S/C10H10N2O4/c1-7-2-3-8(6-9(7)12(14)15)11-4-5-16-10(11)13/h2-3,6H,4-5H2,1H3. The van der Waals surface area contributed by atoms with Gasteiger partial charge >= 0.3 is 6.09 Å². The number of benzene rings is 1. The fourth-order valence-electron chi connectivity index (χ4n) is 1.59. The lowest BCUT2D eigenvalue weighted by Crippen LogP contribution is -2.23. The Morgan fingerprint density at radius 1 is 1.50 bits per heavy atom. The molecule has 1 saturated heterocycles. The number of aryl methyl sites for hydroxylation is 1. The average Bonchev–Trinajstić information content (AvgIpc) is 2.65. The van der Waals surface area contributed by atoms with E-state index < -0.39 is 11.0 Å². The summed E-state index contributed by atoms with van der Waals surface area (Å²) in [6.07, 6.45) is -0.460. The molecule has 0 radical (unpaired) electrons. The number of rotatable bonds is 2. The predicted octanol–water partition coefficient (Wildman–Crippen LogP) is 1.86. The van der Waals surface area contributed by atoms with Gasteiger partial charge in [0.05, 0.1) is 17.2 Å². The minimum absolute atomic E-state index is 0.0113. The molecule has 0 unspecified atom stereocenters. The molecule has 6 heteroatoms. The lowest BCUT2D eigenvalue weighted by Gasteiger charge is -2.12. The number of carbonyl (C=O) groups is 1. The number of nitro benzene ring substituents is 1. The number of carbonyl (C=O) groups excluding carboxylic acids is 1. The van der Waals surface area contributed by atoms with Gasteiger partial charge in [-0.05, 0) is 13.0 Å². The minimum Gasteiger partial charge on any atom is -0.447 e. The van der Waals surface area contributed by atoms with Crippen LogP contribution in [0.5, 0.6) is 0 Å². The van der Waals surface area contributed by atoms with Crippen molar-refractivity contribution in [3.63, 3.8) is 0 Å². The highest BCUT2D eigenvalue weighted by molar-refractivity contribution is 5.89. The van der Waals surface area contributed by atoms with Crippen LogP contribution in [0.1, 0.15) is 5.56 Å². The van der Waals surface area contributed by atoms with Gasteiger partial charge in [-0.25, -0.2) is 4.79 Å². The summed E-state index contributed by atoms with van der Waals surface area (Å²) >= 11 is 0. The normalized spacial score (nSPS) is 15.1. The molecular weight excluding hydrogens is 212 g/mol. The van der Waals surface area contributed by atoms with Crippen LogP contribution < -0.4 is 4.90 Å². The Labute approximate surface area is 91.6 Å². The quantitative estimate of drug-likeness (QED) is 0.565. The van der Waals surface area contributed by atoms with Crippen molar-refractivity contribution in [2.45, 2.75) is 6.92 Å². The fraction of sp³-hybridized carbons (Fsp3) is 0.300. The highest BCUT2D eigenvalue weighted by atomic mass is 16.6. The maximum Gasteiger partial charge on any atom is 0.414 e. The van der Waals surface area contributed by atoms with Crippen molar-refractivity contribution in [3.8, 4) is 0 Å². The van der Waals surface area contributed by atoms with Crippen LogP contribution in [-0.2, 0) is 4.74 Å². The summed E-state index contributed by atoms with van der Waals surface area (Å²) in [4.78, 5) is 22.9. The van der Waals surface area contributed by atoms with Crippen LogP contribution in [0.4, 0.5) is 16.2 Å². The molecule has 2 rings (SSSR count). The topological polar surface area (TPSA) is 72.7 Å². The Kier molecular flexibility index (Phi) is 2.47. The van der Waals surface area contributed by atoms with Gasteiger partial charge in [0.1, 0.15) is 6.61 Å². The molecule has 1 heterocycles. The zero-order valence-corrected chi connectivity index (χ0v) is 8.67. The van der Waals surface area contributed by atoms with E-state index in [-0.39, 0.29) is 5.69 Å². The van der Waals surface area contributed by atoms with E-state index in [1.54, 1.807) is 19.1 Å². The monoisotopic (exact) mass is 222 g/mol. The van der Waals surface area contributed by atoms with Gasteiger partial charge in [-0.15, -0.1) is 0 Å². The molecule has 1 fully saturated rings. The maximum absolute atomic E-state index is 11.3. The lowest BCUT2D eigenvalue weighted by atomic mass is 10.2. The summed E-state index contributed by atoms with van der Waals surface area (Å²) in [5.41, 5.74) is 1.08.